The highest BCUT2D eigenvalue weighted by Crippen LogP contribution is 2.42. The zero-order valence-corrected chi connectivity index (χ0v) is 29.6. The fourth-order valence-electron chi connectivity index (χ4n) is 5.68. The molecule has 0 aliphatic rings. The summed E-state index contributed by atoms with van der Waals surface area (Å²) >= 11 is 1.15. The topological polar surface area (TPSA) is 149 Å². The van der Waals surface area contributed by atoms with Gasteiger partial charge in [0.2, 0.25) is 26.6 Å². The largest absolute Gasteiger partial charge is 0.353 e. The van der Waals surface area contributed by atoms with Gasteiger partial charge in [-0.05, 0) is 42.7 Å². The fourth-order valence-corrected chi connectivity index (χ4v) is 9.64. The van der Waals surface area contributed by atoms with Crippen LogP contribution in [0.2, 0.25) is 0 Å². The molecule has 1 unspecified atom stereocenters. The van der Waals surface area contributed by atoms with Crippen LogP contribution >= 0.6 is 11.3 Å². The third kappa shape index (κ3) is 10.8. The van der Waals surface area contributed by atoms with E-state index < -0.39 is 42.2 Å². The smallest absolute Gasteiger partial charge is 0.248 e. The zero-order valence-electron chi connectivity index (χ0n) is 27.1. The van der Waals surface area contributed by atoms with Gasteiger partial charge >= 0.3 is 0 Å². The highest BCUT2D eigenvalue weighted by molar-refractivity contribution is 7.93. The van der Waals surface area contributed by atoms with Gasteiger partial charge < -0.3 is 5.32 Å². The third-order valence-corrected chi connectivity index (χ3v) is 12.9. The Morgan fingerprint density at radius 1 is 0.848 bits per heavy atom. The van der Waals surface area contributed by atoms with Crippen LogP contribution in [0.1, 0.15) is 109 Å². The summed E-state index contributed by atoms with van der Waals surface area (Å²) in [6.07, 6.45) is 14.9. The molecular formula is C33H49FN4O5S3. The summed E-state index contributed by atoms with van der Waals surface area (Å²) in [7, 11) is -7.95. The number of benzene rings is 1. The molecule has 0 radical (unpaired) electrons. The summed E-state index contributed by atoms with van der Waals surface area (Å²) in [4.78, 5) is 22.4. The summed E-state index contributed by atoms with van der Waals surface area (Å²) in [5, 5.41) is 7.87. The van der Waals surface area contributed by atoms with E-state index in [9.17, 15) is 26.0 Å². The number of halogens is 1. The lowest BCUT2D eigenvalue weighted by Crippen LogP contribution is -2.51. The number of amides is 1. The number of thiazole rings is 1. The van der Waals surface area contributed by atoms with E-state index in [0.29, 0.717) is 28.6 Å². The van der Waals surface area contributed by atoms with E-state index in [1.54, 1.807) is 25.1 Å². The quantitative estimate of drug-likeness (QED) is 0.0848. The van der Waals surface area contributed by atoms with Gasteiger partial charge in [0.25, 0.3) is 0 Å². The second-order valence-corrected chi connectivity index (χ2v) is 17.1. The number of hydrogen-bond acceptors (Lipinski definition) is 8. The van der Waals surface area contributed by atoms with Gasteiger partial charge in [0.05, 0.1) is 21.7 Å². The van der Waals surface area contributed by atoms with Gasteiger partial charge in [-0.25, -0.2) is 31.9 Å². The van der Waals surface area contributed by atoms with E-state index in [1.807, 2.05) is 6.07 Å². The van der Waals surface area contributed by atoms with Crippen LogP contribution in [0.5, 0.6) is 0 Å². The summed E-state index contributed by atoms with van der Waals surface area (Å²) in [6, 6.07) is 8.24. The van der Waals surface area contributed by atoms with E-state index in [1.165, 1.54) is 57.2 Å². The average Bonchev–Trinajstić information content (AvgIpc) is 3.42. The van der Waals surface area contributed by atoms with Crippen molar-refractivity contribution in [1.29, 1.82) is 0 Å². The molecule has 0 spiro atoms. The van der Waals surface area contributed by atoms with Gasteiger partial charge in [-0.15, -0.1) is 11.3 Å². The van der Waals surface area contributed by atoms with Crippen LogP contribution in [0.3, 0.4) is 0 Å². The molecule has 0 bridgehead atoms. The Morgan fingerprint density at radius 3 is 2.02 bits per heavy atom. The number of fused-ring (bicyclic) bond motifs is 1. The Kier molecular flexibility index (Phi) is 15.0. The molecule has 0 aliphatic heterocycles. The third-order valence-electron chi connectivity index (χ3n) is 8.22. The number of carbonyl (C=O) groups excluding carboxylic acids is 1. The maximum atomic E-state index is 14.1. The van der Waals surface area contributed by atoms with Crippen LogP contribution in [0.15, 0.2) is 36.5 Å². The average molecular weight is 697 g/mol. The van der Waals surface area contributed by atoms with Crippen molar-refractivity contribution >= 4 is 47.3 Å². The molecule has 3 aromatic rings. The minimum Gasteiger partial charge on any atom is -0.353 e. The van der Waals surface area contributed by atoms with Gasteiger partial charge in [-0.1, -0.05) is 97.0 Å². The van der Waals surface area contributed by atoms with Crippen LogP contribution < -0.4 is 10.5 Å². The number of nitrogens with two attached hydrogens (primary N) is 1. The minimum atomic E-state index is -4.08. The number of carbonyl (C=O) groups is 1. The van der Waals surface area contributed by atoms with Crippen LogP contribution in [0, 0.1) is 5.95 Å². The summed E-state index contributed by atoms with van der Waals surface area (Å²) in [5.41, 5.74) is 1.89. The number of aromatic nitrogens is 2. The molecule has 2 aromatic heterocycles. The van der Waals surface area contributed by atoms with E-state index >= 15 is 0 Å². The Labute approximate surface area is 278 Å². The fraction of sp³-hybridized carbons (Fsp3) is 0.606. The Balaban J connectivity index is 1.85. The van der Waals surface area contributed by atoms with Gasteiger partial charge in [0.1, 0.15) is 5.01 Å². The zero-order chi connectivity index (χ0) is 33.6. The molecule has 0 saturated heterocycles. The molecule has 3 N–H and O–H groups in total. The van der Waals surface area contributed by atoms with Crippen LogP contribution in [-0.2, 0) is 29.4 Å². The standard InChI is InChI=1S/C33H49FN4O5S3/c1-3-5-6-7-8-9-10-11-12-13-14-15-20-33(45(40,41)22-4-2,31(39)36-21-23-46(35,42)43)32-38-28-24-26(16-18-29(28)44-32)27-17-19-30(34)37-25-27/h16-19,24-25H,3-15,20-23H2,1-2H3,(H,36,39)(H2,35,42,43). The van der Waals surface area contributed by atoms with Crippen molar-refractivity contribution in [2.24, 2.45) is 5.14 Å². The van der Waals surface area contributed by atoms with E-state index in [-0.39, 0.29) is 23.7 Å². The van der Waals surface area contributed by atoms with Crippen molar-refractivity contribution in [2.75, 3.05) is 18.1 Å². The first-order valence-corrected chi connectivity index (χ1v) is 20.7. The highest BCUT2D eigenvalue weighted by atomic mass is 32.2. The molecule has 0 fully saturated rings. The summed E-state index contributed by atoms with van der Waals surface area (Å²) in [5.74, 6) is -2.13. The maximum absolute atomic E-state index is 14.1. The normalized spacial score (nSPS) is 13.6. The molecule has 2 heterocycles. The molecule has 13 heteroatoms. The summed E-state index contributed by atoms with van der Waals surface area (Å²) in [6.45, 7) is 3.65. The molecule has 1 atom stereocenters. The first kappa shape index (κ1) is 38.0. The van der Waals surface area contributed by atoms with Crippen molar-refractivity contribution < 1.29 is 26.0 Å². The number of rotatable bonds is 22. The first-order valence-electron chi connectivity index (χ1n) is 16.5. The monoisotopic (exact) mass is 696 g/mol. The molecule has 256 valence electrons. The van der Waals surface area contributed by atoms with Crippen molar-refractivity contribution in [1.82, 2.24) is 15.3 Å². The van der Waals surface area contributed by atoms with Crippen molar-refractivity contribution in [3.05, 3.63) is 47.5 Å². The van der Waals surface area contributed by atoms with Crippen LogP contribution in [0.4, 0.5) is 4.39 Å². The molecule has 3 rings (SSSR count). The Bertz CT molecular complexity index is 1610. The predicted molar refractivity (Wildman–Crippen MR) is 185 cm³/mol. The van der Waals surface area contributed by atoms with Gasteiger partial charge in [-0.2, -0.15) is 4.39 Å². The Hall–Kier alpha value is -2.48. The number of nitrogens with zero attached hydrogens (tertiary/aromatic N) is 2. The van der Waals surface area contributed by atoms with Crippen LogP contribution in [0.25, 0.3) is 21.3 Å². The number of pyridine rings is 1. The second-order valence-electron chi connectivity index (χ2n) is 12.0. The number of unbranched alkanes of at least 4 members (excludes halogenated alkanes) is 11. The molecular weight excluding hydrogens is 648 g/mol. The predicted octanol–water partition coefficient (Wildman–Crippen LogP) is 7.01. The molecule has 0 saturated carbocycles. The van der Waals surface area contributed by atoms with Crippen molar-refractivity contribution in [3.8, 4) is 11.1 Å². The Morgan fingerprint density at radius 2 is 1.46 bits per heavy atom. The van der Waals surface area contributed by atoms with Crippen molar-refractivity contribution in [2.45, 2.75) is 108 Å². The van der Waals surface area contributed by atoms with E-state index in [4.69, 9.17) is 10.1 Å². The lowest BCUT2D eigenvalue weighted by atomic mass is 9.98. The van der Waals surface area contributed by atoms with Gasteiger partial charge in [0, 0.05) is 18.3 Å². The number of hydrogen-bond donors (Lipinski definition) is 2. The number of sulfonamides is 1. The van der Waals surface area contributed by atoms with Crippen LogP contribution in [-0.4, -0.2) is 50.8 Å². The number of nitrogens with one attached hydrogen (secondary N) is 1. The van der Waals surface area contributed by atoms with Gasteiger partial charge in [-0.3, -0.25) is 4.79 Å². The van der Waals surface area contributed by atoms with Crippen molar-refractivity contribution in [3.63, 3.8) is 0 Å². The van der Waals surface area contributed by atoms with E-state index in [0.717, 1.165) is 42.6 Å². The molecule has 46 heavy (non-hydrogen) atoms. The second kappa shape index (κ2) is 18.2. The minimum absolute atomic E-state index is 0.0303. The number of primary sulfonamides is 1. The maximum Gasteiger partial charge on any atom is 0.248 e. The summed E-state index contributed by atoms with van der Waals surface area (Å²) < 4.78 is 63.5. The van der Waals surface area contributed by atoms with Gasteiger partial charge in [0.15, 0.2) is 9.84 Å². The molecule has 1 aromatic carbocycles. The lowest BCUT2D eigenvalue weighted by Gasteiger charge is -2.30. The molecule has 0 aliphatic carbocycles. The SMILES string of the molecule is CCCCCCCCCCCCCCC(C(=O)NCCS(N)(=O)=O)(c1nc2cc(-c3ccc(F)nc3)ccc2s1)S(=O)(=O)CCC. The van der Waals surface area contributed by atoms with E-state index in [2.05, 4.69) is 17.2 Å². The number of sulfone groups is 1. The molecule has 1 amide bonds. The highest BCUT2D eigenvalue weighted by Gasteiger charge is 2.53. The first-order chi connectivity index (χ1) is 21.9. The lowest BCUT2D eigenvalue weighted by molar-refractivity contribution is -0.124. The molecule has 9 nitrogen and oxygen atoms in total.